The molecule has 0 radical (unpaired) electrons. The molecule has 0 bridgehead atoms. The molecule has 10 heteroatoms. The number of nitrogens with zero attached hydrogens (tertiary/aromatic N) is 4. The van der Waals surface area contributed by atoms with Gasteiger partial charge in [0, 0.05) is 37.0 Å². The lowest BCUT2D eigenvalue weighted by Gasteiger charge is -2.44. The Morgan fingerprint density at radius 2 is 1.92 bits per heavy atom. The summed E-state index contributed by atoms with van der Waals surface area (Å²) in [6.45, 7) is 3.48. The van der Waals surface area contributed by atoms with Crippen molar-refractivity contribution in [2.75, 3.05) is 13.2 Å². The van der Waals surface area contributed by atoms with Crippen LogP contribution >= 0.6 is 0 Å². The quantitative estimate of drug-likeness (QED) is 0.339. The van der Waals surface area contributed by atoms with Crippen LogP contribution in [0.5, 0.6) is 5.75 Å². The summed E-state index contributed by atoms with van der Waals surface area (Å²) in [5, 5.41) is 24.2. The van der Waals surface area contributed by atoms with Gasteiger partial charge in [0.25, 0.3) is 0 Å². The number of halogens is 2. The van der Waals surface area contributed by atoms with Gasteiger partial charge in [0.2, 0.25) is 0 Å². The Kier molecular flexibility index (Phi) is 7.13. The van der Waals surface area contributed by atoms with Crippen molar-refractivity contribution >= 4 is 5.52 Å². The number of aliphatic hydroxyl groups is 2. The van der Waals surface area contributed by atoms with Crippen LogP contribution in [0.1, 0.15) is 49.6 Å². The molecule has 1 aromatic carbocycles. The van der Waals surface area contributed by atoms with Crippen LogP contribution in [0.3, 0.4) is 0 Å². The fourth-order valence-corrected chi connectivity index (χ4v) is 5.31. The number of nitrogens with two attached hydrogens (primary N) is 1. The summed E-state index contributed by atoms with van der Waals surface area (Å²) in [6.07, 6.45) is 7.06. The van der Waals surface area contributed by atoms with Gasteiger partial charge in [-0.2, -0.15) is 5.10 Å². The standard InChI is InChI=1S/C28H31F2N5O3/c1-16-9-17(10-25(31)28(16,2)37)21-5-6-32-14-18(21)11-26-33-15-19-3-4-24(34-35(19)26)27-22(29)12-20(13-23(27)30)38-8-7-36/h3-6,12-17,25,36-37H,7-11,31H2,1-2H3/t16-,17+,25+,28+/m0/s1. The van der Waals surface area contributed by atoms with Crippen molar-refractivity contribution in [3.63, 3.8) is 0 Å². The number of benzene rings is 1. The van der Waals surface area contributed by atoms with Gasteiger partial charge in [-0.25, -0.2) is 18.3 Å². The molecule has 38 heavy (non-hydrogen) atoms. The number of aliphatic hydroxyl groups excluding tert-OH is 1. The molecule has 5 rings (SSSR count). The first-order valence-corrected chi connectivity index (χ1v) is 12.7. The highest BCUT2D eigenvalue weighted by molar-refractivity contribution is 5.63. The molecule has 200 valence electrons. The maximum atomic E-state index is 14.9. The average Bonchev–Trinajstić information content (AvgIpc) is 3.28. The third-order valence-electron chi connectivity index (χ3n) is 7.74. The minimum absolute atomic E-state index is 0.00966. The third kappa shape index (κ3) is 4.87. The van der Waals surface area contributed by atoms with E-state index in [1.807, 2.05) is 13.0 Å². The number of hydrogen-bond acceptors (Lipinski definition) is 7. The fourth-order valence-electron chi connectivity index (χ4n) is 5.31. The Hall–Kier alpha value is -3.47. The summed E-state index contributed by atoms with van der Waals surface area (Å²) in [6, 6.07) is 7.04. The Morgan fingerprint density at radius 1 is 1.16 bits per heavy atom. The van der Waals surface area contributed by atoms with Gasteiger partial charge in [0.15, 0.2) is 0 Å². The molecule has 4 aromatic rings. The zero-order chi connectivity index (χ0) is 27.0. The molecule has 0 amide bonds. The monoisotopic (exact) mass is 523 g/mol. The van der Waals surface area contributed by atoms with Crippen molar-refractivity contribution in [1.82, 2.24) is 19.6 Å². The first-order chi connectivity index (χ1) is 18.2. The number of rotatable bonds is 7. The van der Waals surface area contributed by atoms with Crippen molar-refractivity contribution in [3.8, 4) is 17.0 Å². The highest BCUT2D eigenvalue weighted by Crippen LogP contribution is 2.42. The van der Waals surface area contributed by atoms with Gasteiger partial charge < -0.3 is 20.7 Å². The maximum Gasteiger partial charge on any atom is 0.139 e. The van der Waals surface area contributed by atoms with E-state index in [1.54, 1.807) is 42.2 Å². The number of pyridine rings is 1. The van der Waals surface area contributed by atoms with Crippen LogP contribution in [-0.4, -0.2) is 54.7 Å². The van der Waals surface area contributed by atoms with Crippen LogP contribution in [0.25, 0.3) is 16.8 Å². The zero-order valence-corrected chi connectivity index (χ0v) is 21.3. The highest BCUT2D eigenvalue weighted by Gasteiger charge is 2.42. The third-order valence-corrected chi connectivity index (χ3v) is 7.74. The number of ether oxygens (including phenoxy) is 1. The van der Waals surface area contributed by atoms with E-state index in [-0.39, 0.29) is 48.1 Å². The van der Waals surface area contributed by atoms with Crippen molar-refractivity contribution in [3.05, 3.63) is 77.5 Å². The van der Waals surface area contributed by atoms with E-state index in [0.29, 0.717) is 24.2 Å². The van der Waals surface area contributed by atoms with Crippen LogP contribution in [0.15, 0.2) is 48.9 Å². The number of aromatic nitrogens is 4. The smallest absolute Gasteiger partial charge is 0.139 e. The summed E-state index contributed by atoms with van der Waals surface area (Å²) in [7, 11) is 0. The van der Waals surface area contributed by atoms with Crippen molar-refractivity contribution in [2.45, 2.75) is 50.7 Å². The topological polar surface area (TPSA) is 119 Å². The maximum absolute atomic E-state index is 14.9. The van der Waals surface area contributed by atoms with E-state index in [2.05, 4.69) is 15.1 Å². The molecule has 4 N–H and O–H groups in total. The molecule has 0 unspecified atom stereocenters. The Bertz CT molecular complexity index is 1420. The minimum Gasteiger partial charge on any atom is -0.491 e. The summed E-state index contributed by atoms with van der Waals surface area (Å²) < 4.78 is 36.5. The molecular weight excluding hydrogens is 492 g/mol. The molecular formula is C28H31F2N5O3. The van der Waals surface area contributed by atoms with Gasteiger partial charge in [0.1, 0.15) is 29.8 Å². The molecule has 0 saturated heterocycles. The van der Waals surface area contributed by atoms with Crippen LogP contribution in [0, 0.1) is 17.6 Å². The Balaban J connectivity index is 1.47. The van der Waals surface area contributed by atoms with Crippen molar-refractivity contribution in [1.29, 1.82) is 0 Å². The summed E-state index contributed by atoms with van der Waals surface area (Å²) in [5.41, 5.74) is 8.01. The largest absolute Gasteiger partial charge is 0.491 e. The van der Waals surface area contributed by atoms with Gasteiger partial charge in [-0.05, 0) is 60.9 Å². The molecule has 1 fully saturated rings. The van der Waals surface area contributed by atoms with Crippen LogP contribution in [0.2, 0.25) is 0 Å². The molecule has 1 aliphatic rings. The summed E-state index contributed by atoms with van der Waals surface area (Å²) in [5.74, 6) is -0.870. The summed E-state index contributed by atoms with van der Waals surface area (Å²) >= 11 is 0. The second kappa shape index (κ2) is 10.4. The average molecular weight is 524 g/mol. The number of fused-ring (bicyclic) bond motifs is 1. The molecule has 1 aliphatic carbocycles. The number of imidazole rings is 1. The zero-order valence-electron chi connectivity index (χ0n) is 21.3. The van der Waals surface area contributed by atoms with Gasteiger partial charge in [-0.15, -0.1) is 0 Å². The van der Waals surface area contributed by atoms with Crippen LogP contribution in [0.4, 0.5) is 8.78 Å². The predicted molar refractivity (Wildman–Crippen MR) is 138 cm³/mol. The summed E-state index contributed by atoms with van der Waals surface area (Å²) in [4.78, 5) is 8.85. The number of hydrogen-bond donors (Lipinski definition) is 3. The van der Waals surface area contributed by atoms with Crippen molar-refractivity contribution in [2.24, 2.45) is 11.7 Å². The molecule has 0 aliphatic heterocycles. The SMILES string of the molecule is C[C@H]1C[C@@H](c2ccncc2Cc2ncc3ccc(-c4c(F)cc(OCCO)cc4F)nn23)C[C@@H](N)[C@]1(C)O. The van der Waals surface area contributed by atoms with Gasteiger partial charge in [0.05, 0.1) is 35.2 Å². The minimum atomic E-state index is -0.920. The molecule has 3 aromatic heterocycles. The lowest BCUT2D eigenvalue weighted by molar-refractivity contribution is -0.0464. The Labute approximate surface area is 219 Å². The predicted octanol–water partition coefficient (Wildman–Crippen LogP) is 3.62. The first-order valence-electron chi connectivity index (χ1n) is 12.7. The van der Waals surface area contributed by atoms with E-state index >= 15 is 0 Å². The van der Waals surface area contributed by atoms with Crippen LogP contribution < -0.4 is 10.5 Å². The molecule has 3 heterocycles. The van der Waals surface area contributed by atoms with Gasteiger partial charge in [-0.3, -0.25) is 4.98 Å². The molecule has 0 spiro atoms. The first kappa shape index (κ1) is 26.1. The molecule has 8 nitrogen and oxygen atoms in total. The lowest BCUT2D eigenvalue weighted by Crippen LogP contribution is -2.54. The van der Waals surface area contributed by atoms with E-state index < -0.39 is 17.2 Å². The van der Waals surface area contributed by atoms with Crippen molar-refractivity contribution < 1.29 is 23.7 Å². The second-order valence-electron chi connectivity index (χ2n) is 10.2. The molecule has 4 atom stereocenters. The highest BCUT2D eigenvalue weighted by atomic mass is 19.1. The van der Waals surface area contributed by atoms with E-state index in [9.17, 15) is 13.9 Å². The van der Waals surface area contributed by atoms with Crippen LogP contribution in [-0.2, 0) is 6.42 Å². The van der Waals surface area contributed by atoms with E-state index in [1.165, 1.54) is 0 Å². The Morgan fingerprint density at radius 3 is 2.63 bits per heavy atom. The van der Waals surface area contributed by atoms with E-state index in [4.69, 9.17) is 15.6 Å². The lowest BCUT2D eigenvalue weighted by atomic mass is 9.67. The second-order valence-corrected chi connectivity index (χ2v) is 10.2. The van der Waals surface area contributed by atoms with Gasteiger partial charge in [-0.1, -0.05) is 6.92 Å². The molecule has 1 saturated carbocycles. The normalized spacial score (nSPS) is 23.6. The van der Waals surface area contributed by atoms with E-state index in [0.717, 1.165) is 29.7 Å². The fraction of sp³-hybridized carbons (Fsp3) is 0.393. The van der Waals surface area contributed by atoms with Gasteiger partial charge >= 0.3 is 0 Å².